The largest absolute Gasteiger partial charge is 0.488 e. The number of halogens is 3. The zero-order valence-electron chi connectivity index (χ0n) is 12.5. The van der Waals surface area contributed by atoms with Crippen molar-refractivity contribution in [3.63, 3.8) is 0 Å². The van der Waals surface area contributed by atoms with Crippen LogP contribution in [-0.4, -0.2) is 31.1 Å². The van der Waals surface area contributed by atoms with Crippen molar-refractivity contribution in [2.45, 2.75) is 6.92 Å². The molecule has 0 aliphatic heterocycles. The first kappa shape index (κ1) is 17.0. The van der Waals surface area contributed by atoms with Crippen LogP contribution in [0.1, 0.15) is 17.4 Å². The third-order valence-corrected chi connectivity index (χ3v) is 3.04. The molecule has 0 aliphatic carbocycles. The van der Waals surface area contributed by atoms with Crippen molar-refractivity contribution in [3.8, 4) is 17.0 Å². The number of methoxy groups -OCH3 is 1. The summed E-state index contributed by atoms with van der Waals surface area (Å²) in [6.45, 7) is 1.47. The molecule has 0 saturated heterocycles. The first-order valence-corrected chi connectivity index (χ1v) is 6.73. The van der Waals surface area contributed by atoms with Gasteiger partial charge >= 0.3 is 0 Å². The van der Waals surface area contributed by atoms with Gasteiger partial charge in [0, 0.05) is 14.0 Å². The number of carbonyl (C=O) groups excluding carboxylic acids is 1. The van der Waals surface area contributed by atoms with E-state index in [0.717, 1.165) is 24.3 Å². The van der Waals surface area contributed by atoms with Gasteiger partial charge < -0.3 is 9.47 Å². The SMILES string of the molecule is COCCOc1ccc(F)c(-c2nc(C(C)=O)ccc2F)c1F. The number of hydrogen-bond acceptors (Lipinski definition) is 4. The Morgan fingerprint density at radius 1 is 1.09 bits per heavy atom. The van der Waals surface area contributed by atoms with E-state index in [1.54, 1.807) is 0 Å². The summed E-state index contributed by atoms with van der Waals surface area (Å²) in [5.41, 5.74) is -1.35. The highest BCUT2D eigenvalue weighted by Crippen LogP contribution is 2.32. The molecule has 0 spiro atoms. The number of ketones is 1. The van der Waals surface area contributed by atoms with Crippen molar-refractivity contribution < 1.29 is 27.4 Å². The van der Waals surface area contributed by atoms with Gasteiger partial charge in [0.1, 0.15) is 29.6 Å². The van der Waals surface area contributed by atoms with E-state index in [1.807, 2.05) is 0 Å². The van der Waals surface area contributed by atoms with Gasteiger partial charge in [0.2, 0.25) is 0 Å². The standard InChI is InChI=1S/C16H14F3NO3/c1-9(21)12-5-3-11(18)16(20-12)14-10(17)4-6-13(15(14)19)23-8-7-22-2/h3-6H,7-8H2,1-2H3. The number of hydrogen-bond donors (Lipinski definition) is 0. The zero-order chi connectivity index (χ0) is 17.0. The molecule has 1 aromatic heterocycles. The molecule has 7 heteroatoms. The van der Waals surface area contributed by atoms with Crippen LogP contribution in [0.25, 0.3) is 11.3 Å². The monoisotopic (exact) mass is 325 g/mol. The highest BCUT2D eigenvalue weighted by molar-refractivity contribution is 5.92. The molecule has 1 heterocycles. The molecule has 1 aromatic carbocycles. The van der Waals surface area contributed by atoms with Gasteiger partial charge in [-0.15, -0.1) is 0 Å². The van der Waals surface area contributed by atoms with Crippen LogP contribution in [0.5, 0.6) is 5.75 Å². The lowest BCUT2D eigenvalue weighted by Crippen LogP contribution is -2.07. The van der Waals surface area contributed by atoms with Crippen molar-refractivity contribution >= 4 is 5.78 Å². The van der Waals surface area contributed by atoms with E-state index >= 15 is 0 Å². The lowest BCUT2D eigenvalue weighted by molar-refractivity contribution is 0.101. The number of carbonyl (C=O) groups is 1. The predicted molar refractivity (Wildman–Crippen MR) is 76.9 cm³/mol. The quantitative estimate of drug-likeness (QED) is 0.603. The van der Waals surface area contributed by atoms with Gasteiger partial charge in [-0.2, -0.15) is 0 Å². The average Bonchev–Trinajstić information content (AvgIpc) is 2.51. The summed E-state index contributed by atoms with van der Waals surface area (Å²) in [6, 6.07) is 4.13. The van der Waals surface area contributed by atoms with Crippen molar-refractivity contribution in [2.24, 2.45) is 0 Å². The topological polar surface area (TPSA) is 48.4 Å². The maximum atomic E-state index is 14.5. The lowest BCUT2D eigenvalue weighted by Gasteiger charge is -2.11. The molecule has 0 bridgehead atoms. The fourth-order valence-corrected chi connectivity index (χ4v) is 1.91. The summed E-state index contributed by atoms with van der Waals surface area (Å²) >= 11 is 0. The molecule has 4 nitrogen and oxygen atoms in total. The Hall–Kier alpha value is -2.41. The number of nitrogens with zero attached hydrogens (tertiary/aromatic N) is 1. The number of Topliss-reactive ketones (excluding diaryl/α,β-unsaturated/α-hetero) is 1. The highest BCUT2D eigenvalue weighted by atomic mass is 19.1. The second kappa shape index (κ2) is 7.23. The minimum Gasteiger partial charge on any atom is -0.488 e. The van der Waals surface area contributed by atoms with Crippen LogP contribution >= 0.6 is 0 Å². The van der Waals surface area contributed by atoms with E-state index in [1.165, 1.54) is 14.0 Å². The van der Waals surface area contributed by atoms with Crippen LogP contribution in [0.3, 0.4) is 0 Å². The van der Waals surface area contributed by atoms with Gasteiger partial charge in [0.15, 0.2) is 17.3 Å². The summed E-state index contributed by atoms with van der Waals surface area (Å²) in [5, 5.41) is 0. The molecule has 2 aromatic rings. The Morgan fingerprint density at radius 2 is 1.78 bits per heavy atom. The Bertz CT molecular complexity index is 735. The maximum Gasteiger partial charge on any atom is 0.178 e. The maximum absolute atomic E-state index is 14.5. The fourth-order valence-electron chi connectivity index (χ4n) is 1.91. The molecule has 0 N–H and O–H groups in total. The van der Waals surface area contributed by atoms with Crippen LogP contribution in [0.4, 0.5) is 13.2 Å². The van der Waals surface area contributed by atoms with Gasteiger partial charge in [-0.3, -0.25) is 4.79 Å². The van der Waals surface area contributed by atoms with Crippen LogP contribution in [0.15, 0.2) is 24.3 Å². The van der Waals surface area contributed by atoms with Gasteiger partial charge in [-0.05, 0) is 24.3 Å². The van der Waals surface area contributed by atoms with Crippen LogP contribution in [0, 0.1) is 17.5 Å². The Morgan fingerprint density at radius 3 is 2.43 bits per heavy atom. The predicted octanol–water partition coefficient (Wildman–Crippen LogP) is 3.39. The molecular formula is C16H14F3NO3. The van der Waals surface area contributed by atoms with Gasteiger partial charge in [0.25, 0.3) is 0 Å². The molecule has 0 fully saturated rings. The first-order valence-electron chi connectivity index (χ1n) is 6.73. The Kier molecular flexibility index (Phi) is 5.33. The lowest BCUT2D eigenvalue weighted by atomic mass is 10.1. The Balaban J connectivity index is 2.52. The number of aromatic nitrogens is 1. The smallest absolute Gasteiger partial charge is 0.178 e. The summed E-state index contributed by atoms with van der Waals surface area (Å²) in [7, 11) is 1.45. The van der Waals surface area contributed by atoms with E-state index in [-0.39, 0.29) is 24.7 Å². The van der Waals surface area contributed by atoms with E-state index in [4.69, 9.17) is 9.47 Å². The number of rotatable bonds is 6. The van der Waals surface area contributed by atoms with E-state index in [9.17, 15) is 18.0 Å². The molecule has 122 valence electrons. The van der Waals surface area contributed by atoms with Gasteiger partial charge in [-0.1, -0.05) is 0 Å². The third-order valence-electron chi connectivity index (χ3n) is 3.04. The summed E-state index contributed by atoms with van der Waals surface area (Å²) in [5.74, 6) is -3.74. The molecule has 0 aliphatic rings. The van der Waals surface area contributed by atoms with E-state index in [0.29, 0.717) is 0 Å². The second-order valence-electron chi connectivity index (χ2n) is 4.66. The molecule has 23 heavy (non-hydrogen) atoms. The summed E-state index contributed by atoms with van der Waals surface area (Å²) in [4.78, 5) is 15.1. The average molecular weight is 325 g/mol. The van der Waals surface area contributed by atoms with Gasteiger partial charge in [0.05, 0.1) is 12.2 Å². The third kappa shape index (κ3) is 3.68. The van der Waals surface area contributed by atoms with Crippen LogP contribution < -0.4 is 4.74 Å². The minimum atomic E-state index is -1.09. The first-order chi connectivity index (χ1) is 11.0. The molecule has 0 saturated carbocycles. The summed E-state index contributed by atoms with van der Waals surface area (Å²) < 4.78 is 52.3. The number of benzene rings is 1. The summed E-state index contributed by atoms with van der Waals surface area (Å²) in [6.07, 6.45) is 0. The molecular weight excluding hydrogens is 311 g/mol. The normalized spacial score (nSPS) is 10.7. The molecule has 0 amide bonds. The van der Waals surface area contributed by atoms with Crippen LogP contribution in [0.2, 0.25) is 0 Å². The minimum absolute atomic E-state index is 0.0435. The van der Waals surface area contributed by atoms with E-state index < -0.39 is 34.5 Å². The molecule has 0 atom stereocenters. The Labute approximate surface area is 130 Å². The van der Waals surface area contributed by atoms with Crippen molar-refractivity contribution in [2.75, 3.05) is 20.3 Å². The number of ether oxygens (including phenoxy) is 2. The highest BCUT2D eigenvalue weighted by Gasteiger charge is 2.21. The fraction of sp³-hybridized carbons (Fsp3) is 0.250. The zero-order valence-corrected chi connectivity index (χ0v) is 12.5. The van der Waals surface area contributed by atoms with E-state index in [2.05, 4.69) is 4.98 Å². The van der Waals surface area contributed by atoms with Crippen molar-refractivity contribution in [1.82, 2.24) is 4.98 Å². The van der Waals surface area contributed by atoms with Crippen LogP contribution in [-0.2, 0) is 4.74 Å². The molecule has 2 rings (SSSR count). The molecule has 0 unspecified atom stereocenters. The number of pyridine rings is 1. The van der Waals surface area contributed by atoms with Crippen molar-refractivity contribution in [3.05, 3.63) is 47.4 Å². The van der Waals surface area contributed by atoms with Crippen molar-refractivity contribution in [1.29, 1.82) is 0 Å². The molecule has 0 radical (unpaired) electrons. The van der Waals surface area contributed by atoms with Gasteiger partial charge in [-0.25, -0.2) is 18.2 Å². The second-order valence-corrected chi connectivity index (χ2v) is 4.66.